The van der Waals surface area contributed by atoms with Gasteiger partial charge in [0, 0.05) is 29.1 Å². The van der Waals surface area contributed by atoms with Crippen LogP contribution in [0.25, 0.3) is 0 Å². The van der Waals surface area contributed by atoms with Gasteiger partial charge in [0.25, 0.3) is 5.91 Å². The van der Waals surface area contributed by atoms with Gasteiger partial charge >= 0.3 is 0 Å². The number of aryl methyl sites for hydroxylation is 1. The predicted molar refractivity (Wildman–Crippen MR) is 113 cm³/mol. The Bertz CT molecular complexity index is 832. The van der Waals surface area contributed by atoms with Gasteiger partial charge in [-0.15, -0.1) is 11.3 Å². The largest absolute Gasteiger partial charge is 0.351 e. The quantitative estimate of drug-likeness (QED) is 0.834. The second kappa shape index (κ2) is 8.48. The van der Waals surface area contributed by atoms with Crippen molar-refractivity contribution in [3.05, 3.63) is 57.8 Å². The maximum Gasteiger partial charge on any atom is 0.255 e. The van der Waals surface area contributed by atoms with E-state index < -0.39 is 0 Å². The summed E-state index contributed by atoms with van der Waals surface area (Å²) in [5.41, 5.74) is 2.00. The van der Waals surface area contributed by atoms with Gasteiger partial charge in [0.2, 0.25) is 5.91 Å². The molecule has 0 unspecified atom stereocenters. The number of carbonyl (C=O) groups is 2. The van der Waals surface area contributed by atoms with Crippen LogP contribution in [0.15, 0.2) is 41.8 Å². The second-order valence-electron chi connectivity index (χ2n) is 7.93. The van der Waals surface area contributed by atoms with Crippen LogP contribution in [-0.4, -0.2) is 35.3 Å². The number of hydrogen-bond acceptors (Lipinski definition) is 3. The molecular formula is C23H28N2O2S. The molecule has 2 aromatic rings. The highest BCUT2D eigenvalue weighted by Gasteiger charge is 2.45. The Morgan fingerprint density at radius 2 is 2.07 bits per heavy atom. The van der Waals surface area contributed by atoms with Gasteiger partial charge in [-0.3, -0.25) is 9.59 Å². The number of nitrogens with one attached hydrogen (secondary N) is 1. The van der Waals surface area contributed by atoms with Crippen molar-refractivity contribution in [2.75, 3.05) is 6.54 Å². The molecule has 1 aromatic heterocycles. The highest BCUT2D eigenvalue weighted by molar-refractivity contribution is 7.10. The van der Waals surface area contributed by atoms with Crippen LogP contribution in [-0.2, 0) is 11.2 Å². The summed E-state index contributed by atoms with van der Waals surface area (Å²) >= 11 is 1.68. The number of benzene rings is 1. The Morgan fingerprint density at radius 3 is 2.86 bits per heavy atom. The highest BCUT2D eigenvalue weighted by atomic mass is 32.1. The molecule has 0 radical (unpaired) electrons. The maximum absolute atomic E-state index is 13.4. The van der Waals surface area contributed by atoms with Crippen molar-refractivity contribution < 1.29 is 9.59 Å². The van der Waals surface area contributed by atoms with Crippen LogP contribution in [0.2, 0.25) is 0 Å². The third kappa shape index (κ3) is 3.86. The summed E-state index contributed by atoms with van der Waals surface area (Å²) in [6, 6.07) is 12.4. The van der Waals surface area contributed by atoms with E-state index in [0.29, 0.717) is 13.0 Å². The van der Waals surface area contributed by atoms with Gasteiger partial charge in [0.05, 0.1) is 17.6 Å². The van der Waals surface area contributed by atoms with Gasteiger partial charge < -0.3 is 10.2 Å². The molecule has 1 aromatic carbocycles. The zero-order valence-corrected chi connectivity index (χ0v) is 17.2. The Balaban J connectivity index is 1.64. The molecule has 2 aliphatic rings. The minimum Gasteiger partial charge on any atom is -0.351 e. The fourth-order valence-electron chi connectivity index (χ4n) is 4.63. The normalized spacial score (nSPS) is 25.0. The number of carbonyl (C=O) groups excluding carboxylic acids is 2. The van der Waals surface area contributed by atoms with Crippen molar-refractivity contribution >= 4 is 23.2 Å². The molecule has 0 spiro atoms. The van der Waals surface area contributed by atoms with Crippen molar-refractivity contribution in [2.24, 2.45) is 0 Å². The molecule has 4 nitrogen and oxygen atoms in total. The highest BCUT2D eigenvalue weighted by Crippen LogP contribution is 2.37. The molecule has 2 amide bonds. The fourth-order valence-corrected chi connectivity index (χ4v) is 5.60. The van der Waals surface area contributed by atoms with E-state index in [0.717, 1.165) is 37.7 Å². The Hall–Kier alpha value is -2.14. The van der Waals surface area contributed by atoms with E-state index in [1.165, 1.54) is 10.4 Å². The summed E-state index contributed by atoms with van der Waals surface area (Å²) in [5, 5.41) is 5.26. The monoisotopic (exact) mass is 396 g/mol. The van der Waals surface area contributed by atoms with Crippen molar-refractivity contribution in [3.8, 4) is 0 Å². The summed E-state index contributed by atoms with van der Waals surface area (Å²) in [7, 11) is 0. The first kappa shape index (κ1) is 19.2. The number of fused-ring (bicyclic) bond motifs is 1. The van der Waals surface area contributed by atoms with Gasteiger partial charge in [0.15, 0.2) is 0 Å². The summed E-state index contributed by atoms with van der Waals surface area (Å²) < 4.78 is 0. The fraction of sp³-hybridized carbons (Fsp3) is 0.478. The van der Waals surface area contributed by atoms with Crippen molar-refractivity contribution in [2.45, 2.75) is 63.5 Å². The summed E-state index contributed by atoms with van der Waals surface area (Å²) in [6.07, 6.45) is 5.53. The van der Waals surface area contributed by atoms with Crippen molar-refractivity contribution in [1.29, 1.82) is 0 Å². The standard InChI is InChI=1S/C23H28N2O2S/c1-2-8-18-13-17(15-28-18)23(27)25-14-19(16-9-4-3-5-10-16)22-20(25)11-6-7-12-21(26)24-22/h3-5,9-10,13,15,19-20,22H,2,6-8,11-12,14H2,1H3,(H,24,26)/t19-,20+,22-/m0/s1. The smallest absolute Gasteiger partial charge is 0.255 e. The van der Waals surface area contributed by atoms with Crippen LogP contribution in [0.5, 0.6) is 0 Å². The predicted octanol–water partition coefficient (Wildman–Crippen LogP) is 4.37. The van der Waals surface area contributed by atoms with E-state index in [9.17, 15) is 9.59 Å². The van der Waals surface area contributed by atoms with Crippen molar-refractivity contribution in [3.63, 3.8) is 0 Å². The molecule has 2 fully saturated rings. The average Bonchev–Trinajstić information content (AvgIpc) is 3.29. The number of rotatable bonds is 4. The number of hydrogen-bond donors (Lipinski definition) is 1. The lowest BCUT2D eigenvalue weighted by Gasteiger charge is -2.31. The molecule has 5 heteroatoms. The zero-order valence-electron chi connectivity index (χ0n) is 16.4. The maximum atomic E-state index is 13.4. The van der Waals surface area contributed by atoms with Gasteiger partial charge in [-0.2, -0.15) is 0 Å². The topological polar surface area (TPSA) is 49.4 Å². The molecular weight excluding hydrogens is 368 g/mol. The number of amides is 2. The van der Waals surface area contributed by atoms with E-state index in [-0.39, 0.29) is 29.8 Å². The van der Waals surface area contributed by atoms with Gasteiger partial charge in [-0.25, -0.2) is 0 Å². The van der Waals surface area contributed by atoms with Crippen molar-refractivity contribution in [1.82, 2.24) is 10.2 Å². The van der Waals surface area contributed by atoms with Crippen LogP contribution in [0, 0.1) is 0 Å². The SMILES string of the molecule is CCCc1cc(C(=O)N2C[C@@H](c3ccccc3)[C@@H]3NC(=O)CCCC[C@H]32)cs1. The lowest BCUT2D eigenvalue weighted by atomic mass is 9.88. The molecule has 28 heavy (non-hydrogen) atoms. The van der Waals surface area contributed by atoms with Crippen LogP contribution in [0.4, 0.5) is 0 Å². The Morgan fingerprint density at radius 1 is 1.25 bits per heavy atom. The second-order valence-corrected chi connectivity index (χ2v) is 8.93. The number of thiophene rings is 1. The molecule has 1 N–H and O–H groups in total. The van der Waals surface area contributed by atoms with E-state index >= 15 is 0 Å². The van der Waals surface area contributed by atoms with Gasteiger partial charge in [0.1, 0.15) is 0 Å². The van der Waals surface area contributed by atoms with E-state index in [4.69, 9.17) is 0 Å². The van der Waals surface area contributed by atoms with E-state index in [1.807, 2.05) is 28.5 Å². The van der Waals surface area contributed by atoms with Crippen LogP contribution in [0.3, 0.4) is 0 Å². The zero-order chi connectivity index (χ0) is 19.5. The first-order valence-electron chi connectivity index (χ1n) is 10.4. The molecule has 2 aliphatic heterocycles. The van der Waals surface area contributed by atoms with E-state index in [1.54, 1.807) is 11.3 Å². The Kier molecular flexibility index (Phi) is 5.81. The number of nitrogens with zero attached hydrogens (tertiary/aromatic N) is 1. The molecule has 0 aliphatic carbocycles. The third-order valence-corrected chi connectivity index (χ3v) is 7.01. The average molecular weight is 397 g/mol. The molecule has 2 saturated heterocycles. The number of likely N-dealkylation sites (tertiary alicyclic amines) is 1. The molecule has 4 rings (SSSR count). The molecule has 0 bridgehead atoms. The molecule has 0 saturated carbocycles. The Labute approximate surface area is 170 Å². The summed E-state index contributed by atoms with van der Waals surface area (Å²) in [4.78, 5) is 29.1. The first-order chi connectivity index (χ1) is 13.7. The molecule has 3 atom stereocenters. The van der Waals surface area contributed by atoms with E-state index in [2.05, 4.69) is 30.4 Å². The van der Waals surface area contributed by atoms with Crippen LogP contribution < -0.4 is 5.32 Å². The summed E-state index contributed by atoms with van der Waals surface area (Å²) in [5.74, 6) is 0.374. The summed E-state index contributed by atoms with van der Waals surface area (Å²) in [6.45, 7) is 2.82. The van der Waals surface area contributed by atoms with Gasteiger partial charge in [-0.05, 0) is 30.9 Å². The minimum atomic E-state index is -0.00658. The van der Waals surface area contributed by atoms with Crippen LogP contribution in [0.1, 0.15) is 65.7 Å². The lowest BCUT2D eigenvalue weighted by Crippen LogP contribution is -2.48. The van der Waals surface area contributed by atoms with Gasteiger partial charge in [-0.1, -0.05) is 50.1 Å². The van der Waals surface area contributed by atoms with Crippen LogP contribution >= 0.6 is 11.3 Å². The lowest BCUT2D eigenvalue weighted by molar-refractivity contribution is -0.122. The molecule has 3 heterocycles. The minimum absolute atomic E-state index is 0.00658. The molecule has 148 valence electrons. The third-order valence-electron chi connectivity index (χ3n) is 6.01. The first-order valence-corrected chi connectivity index (χ1v) is 11.3.